The number of nitrogens with zero attached hydrogens (tertiary/aromatic N) is 2. The van der Waals surface area contributed by atoms with Gasteiger partial charge in [0.1, 0.15) is 12.4 Å². The number of rotatable bonds is 9. The van der Waals surface area contributed by atoms with E-state index in [1.54, 1.807) is 43.5 Å². The average molecular weight is 462 g/mol. The molecule has 1 amide bonds. The highest BCUT2D eigenvalue weighted by atomic mass is 35.5. The lowest BCUT2D eigenvalue weighted by molar-refractivity contribution is 0.0946. The molecule has 3 rings (SSSR count). The lowest BCUT2D eigenvalue weighted by Gasteiger charge is -2.13. The third-order valence-electron chi connectivity index (χ3n) is 4.99. The Morgan fingerprint density at radius 3 is 2.68 bits per heavy atom. The molecule has 0 fully saturated rings. The molecule has 31 heavy (non-hydrogen) atoms. The fourth-order valence-corrected chi connectivity index (χ4v) is 3.69. The Kier molecular flexibility index (Phi) is 7.96. The minimum atomic E-state index is -0.221. The molecule has 0 aliphatic heterocycles. The second kappa shape index (κ2) is 10.7. The zero-order valence-electron chi connectivity index (χ0n) is 17.7. The number of benzene rings is 2. The molecule has 0 spiro atoms. The van der Waals surface area contributed by atoms with E-state index in [0.717, 1.165) is 22.5 Å². The molecule has 0 radical (unpaired) electrons. The first-order valence-electron chi connectivity index (χ1n) is 9.86. The van der Waals surface area contributed by atoms with Gasteiger partial charge >= 0.3 is 0 Å². The van der Waals surface area contributed by atoms with Crippen LogP contribution in [0.15, 0.2) is 42.5 Å². The van der Waals surface area contributed by atoms with Crippen LogP contribution in [0.1, 0.15) is 32.9 Å². The highest BCUT2D eigenvalue weighted by molar-refractivity contribution is 6.35. The van der Waals surface area contributed by atoms with Crippen molar-refractivity contribution >= 4 is 29.1 Å². The van der Waals surface area contributed by atoms with Gasteiger partial charge in [-0.15, -0.1) is 0 Å². The SMILES string of the molecule is COCCn1nc(C)c(CNC(=O)c2ccccc2OCc2ccc(Cl)cc2Cl)c1C. The molecule has 0 atom stereocenters. The van der Waals surface area contributed by atoms with E-state index in [0.29, 0.717) is 41.1 Å². The number of para-hydroxylation sites is 1. The molecule has 0 aliphatic carbocycles. The molecule has 3 aromatic rings. The predicted molar refractivity (Wildman–Crippen MR) is 122 cm³/mol. The van der Waals surface area contributed by atoms with Crippen molar-refractivity contribution in [1.29, 1.82) is 0 Å². The topological polar surface area (TPSA) is 65.4 Å². The molecular formula is C23H25Cl2N3O3. The molecule has 1 N–H and O–H groups in total. The predicted octanol–water partition coefficient (Wildman–Crippen LogP) is 4.96. The van der Waals surface area contributed by atoms with Gasteiger partial charge < -0.3 is 14.8 Å². The quantitative estimate of drug-likeness (QED) is 0.488. The van der Waals surface area contributed by atoms with E-state index in [9.17, 15) is 4.79 Å². The van der Waals surface area contributed by atoms with Crippen molar-refractivity contribution in [3.8, 4) is 5.75 Å². The number of nitrogens with one attached hydrogen (secondary N) is 1. The van der Waals surface area contributed by atoms with Gasteiger partial charge in [-0.1, -0.05) is 41.4 Å². The van der Waals surface area contributed by atoms with E-state index in [-0.39, 0.29) is 12.5 Å². The van der Waals surface area contributed by atoms with Gasteiger partial charge in [-0.05, 0) is 38.1 Å². The summed E-state index contributed by atoms with van der Waals surface area (Å²) in [5.41, 5.74) is 4.13. The molecule has 8 heteroatoms. The van der Waals surface area contributed by atoms with Gasteiger partial charge in [0.15, 0.2) is 0 Å². The summed E-state index contributed by atoms with van der Waals surface area (Å²) in [6, 6.07) is 12.3. The third-order valence-corrected chi connectivity index (χ3v) is 5.58. The second-order valence-corrected chi connectivity index (χ2v) is 7.91. The summed E-state index contributed by atoms with van der Waals surface area (Å²) in [7, 11) is 1.66. The summed E-state index contributed by atoms with van der Waals surface area (Å²) in [5.74, 6) is 0.261. The van der Waals surface area contributed by atoms with Gasteiger partial charge in [0.25, 0.3) is 5.91 Å². The van der Waals surface area contributed by atoms with Gasteiger partial charge in [-0.3, -0.25) is 9.48 Å². The smallest absolute Gasteiger partial charge is 0.255 e. The van der Waals surface area contributed by atoms with E-state index in [1.165, 1.54) is 0 Å². The van der Waals surface area contributed by atoms with Crippen molar-refractivity contribution in [2.45, 2.75) is 33.5 Å². The summed E-state index contributed by atoms with van der Waals surface area (Å²) in [4.78, 5) is 12.9. The maximum Gasteiger partial charge on any atom is 0.255 e. The van der Waals surface area contributed by atoms with Gasteiger partial charge in [0, 0.05) is 40.5 Å². The van der Waals surface area contributed by atoms with Crippen LogP contribution in [0, 0.1) is 13.8 Å². The monoisotopic (exact) mass is 461 g/mol. The number of carbonyl (C=O) groups excluding carboxylic acids is 1. The Morgan fingerprint density at radius 2 is 1.94 bits per heavy atom. The zero-order chi connectivity index (χ0) is 22.4. The highest BCUT2D eigenvalue weighted by Gasteiger charge is 2.16. The van der Waals surface area contributed by atoms with Crippen LogP contribution in [-0.4, -0.2) is 29.4 Å². The minimum absolute atomic E-state index is 0.221. The van der Waals surface area contributed by atoms with Crippen LogP contribution in [0.4, 0.5) is 0 Å². The summed E-state index contributed by atoms with van der Waals surface area (Å²) in [6.07, 6.45) is 0. The highest BCUT2D eigenvalue weighted by Crippen LogP contribution is 2.24. The first-order chi connectivity index (χ1) is 14.9. The van der Waals surface area contributed by atoms with Crippen molar-refractivity contribution in [2.75, 3.05) is 13.7 Å². The Hall–Kier alpha value is -2.54. The van der Waals surface area contributed by atoms with Crippen LogP contribution < -0.4 is 10.1 Å². The molecule has 1 aromatic heterocycles. The minimum Gasteiger partial charge on any atom is -0.488 e. The Bertz CT molecular complexity index is 1070. The molecule has 164 valence electrons. The van der Waals surface area contributed by atoms with E-state index in [2.05, 4.69) is 10.4 Å². The second-order valence-electron chi connectivity index (χ2n) is 7.07. The number of amides is 1. The fourth-order valence-electron chi connectivity index (χ4n) is 3.22. The van der Waals surface area contributed by atoms with Crippen molar-refractivity contribution in [3.05, 3.63) is 80.6 Å². The van der Waals surface area contributed by atoms with Crippen LogP contribution in [0.3, 0.4) is 0 Å². The largest absolute Gasteiger partial charge is 0.488 e. The number of methoxy groups -OCH3 is 1. The van der Waals surface area contributed by atoms with Crippen LogP contribution in [-0.2, 0) is 24.4 Å². The molecule has 0 saturated carbocycles. The van der Waals surface area contributed by atoms with Crippen molar-refractivity contribution in [3.63, 3.8) is 0 Å². The summed E-state index contributed by atoms with van der Waals surface area (Å²) in [5, 5.41) is 8.59. The van der Waals surface area contributed by atoms with E-state index >= 15 is 0 Å². The summed E-state index contributed by atoms with van der Waals surface area (Å²) >= 11 is 12.2. The molecule has 0 aliphatic rings. The summed E-state index contributed by atoms with van der Waals surface area (Å²) in [6.45, 7) is 5.78. The molecular weight excluding hydrogens is 437 g/mol. The Labute approximate surface area is 192 Å². The molecule has 0 bridgehead atoms. The van der Waals surface area contributed by atoms with E-state index < -0.39 is 0 Å². The van der Waals surface area contributed by atoms with Crippen molar-refractivity contribution < 1.29 is 14.3 Å². The Balaban J connectivity index is 1.68. The fraction of sp³-hybridized carbons (Fsp3) is 0.304. The van der Waals surface area contributed by atoms with Crippen LogP contribution >= 0.6 is 23.2 Å². The van der Waals surface area contributed by atoms with Crippen LogP contribution in [0.25, 0.3) is 0 Å². The number of aryl methyl sites for hydroxylation is 1. The summed E-state index contributed by atoms with van der Waals surface area (Å²) < 4.78 is 12.9. The first-order valence-corrected chi connectivity index (χ1v) is 10.6. The maximum absolute atomic E-state index is 12.9. The normalized spacial score (nSPS) is 10.9. The van der Waals surface area contributed by atoms with Crippen molar-refractivity contribution in [2.24, 2.45) is 0 Å². The van der Waals surface area contributed by atoms with E-state index in [1.807, 2.05) is 24.6 Å². The number of carbonyl (C=O) groups is 1. The van der Waals surface area contributed by atoms with Gasteiger partial charge in [0.05, 0.1) is 24.4 Å². The third kappa shape index (κ3) is 5.79. The standard InChI is InChI=1S/C23H25Cl2N3O3/c1-15-20(16(2)28(27-15)10-11-30-3)13-26-23(29)19-6-4-5-7-22(19)31-14-17-8-9-18(24)12-21(17)25/h4-9,12H,10-11,13-14H2,1-3H3,(H,26,29). The van der Waals surface area contributed by atoms with Crippen molar-refractivity contribution in [1.82, 2.24) is 15.1 Å². The number of hydrogen-bond donors (Lipinski definition) is 1. The molecule has 2 aromatic carbocycles. The van der Waals surface area contributed by atoms with Gasteiger partial charge in [-0.2, -0.15) is 5.10 Å². The lowest BCUT2D eigenvalue weighted by Crippen LogP contribution is -2.24. The first kappa shape index (κ1) is 23.1. The van der Waals surface area contributed by atoms with Gasteiger partial charge in [0.2, 0.25) is 0 Å². The Morgan fingerprint density at radius 1 is 1.16 bits per heavy atom. The average Bonchev–Trinajstić information content (AvgIpc) is 3.02. The molecule has 6 nitrogen and oxygen atoms in total. The zero-order valence-corrected chi connectivity index (χ0v) is 19.3. The number of ether oxygens (including phenoxy) is 2. The van der Waals surface area contributed by atoms with Crippen LogP contribution in [0.2, 0.25) is 10.0 Å². The number of hydrogen-bond acceptors (Lipinski definition) is 4. The number of aromatic nitrogens is 2. The number of halogens is 2. The van der Waals surface area contributed by atoms with Gasteiger partial charge in [-0.25, -0.2) is 0 Å². The van der Waals surface area contributed by atoms with Crippen LogP contribution in [0.5, 0.6) is 5.75 Å². The van der Waals surface area contributed by atoms with E-state index in [4.69, 9.17) is 32.7 Å². The molecule has 1 heterocycles. The molecule has 0 unspecified atom stereocenters. The molecule has 0 saturated heterocycles. The maximum atomic E-state index is 12.9. The lowest BCUT2D eigenvalue weighted by atomic mass is 10.1.